The van der Waals surface area contributed by atoms with E-state index in [1.807, 2.05) is 27.7 Å². The molecule has 0 radical (unpaired) electrons. The molecule has 0 aromatic rings. The monoisotopic (exact) mass is 200 g/mol. The molecule has 14 heavy (non-hydrogen) atoms. The molecule has 1 rings (SSSR count). The van der Waals surface area contributed by atoms with E-state index in [0.717, 1.165) is 25.7 Å². The van der Waals surface area contributed by atoms with Crippen molar-refractivity contribution in [2.75, 3.05) is 0 Å². The van der Waals surface area contributed by atoms with Gasteiger partial charge in [-0.25, -0.2) is 4.79 Å². The van der Waals surface area contributed by atoms with Gasteiger partial charge in [0, 0.05) is 0 Å². The third-order valence-electron chi connectivity index (χ3n) is 3.67. The lowest BCUT2D eigenvalue weighted by atomic mass is 9.75. The van der Waals surface area contributed by atoms with E-state index in [-0.39, 0.29) is 0 Å². The van der Waals surface area contributed by atoms with Gasteiger partial charge >= 0.3 is 6.16 Å². The van der Waals surface area contributed by atoms with Gasteiger partial charge in [0.15, 0.2) is 11.2 Å². The van der Waals surface area contributed by atoms with Gasteiger partial charge in [0.05, 0.1) is 0 Å². The maximum atomic E-state index is 11.3. The molecule has 0 aromatic carbocycles. The summed E-state index contributed by atoms with van der Waals surface area (Å²) in [5.74, 6) is 0. The second-order valence-corrected chi connectivity index (χ2v) is 3.86. The molecule has 1 fully saturated rings. The van der Waals surface area contributed by atoms with Crippen LogP contribution in [0, 0.1) is 0 Å². The fourth-order valence-corrected chi connectivity index (χ4v) is 2.60. The average Bonchev–Trinajstić information content (AvgIpc) is 2.51. The molecular formula is C11H20O3. The summed E-state index contributed by atoms with van der Waals surface area (Å²) >= 11 is 0. The van der Waals surface area contributed by atoms with Crippen molar-refractivity contribution >= 4 is 6.16 Å². The molecule has 1 aliphatic heterocycles. The van der Waals surface area contributed by atoms with Crippen LogP contribution < -0.4 is 0 Å². The highest BCUT2D eigenvalue weighted by atomic mass is 16.8. The maximum absolute atomic E-state index is 11.3. The predicted octanol–water partition coefficient (Wildman–Crippen LogP) is 3.27. The second-order valence-electron chi connectivity index (χ2n) is 3.86. The molecular weight excluding hydrogens is 180 g/mol. The van der Waals surface area contributed by atoms with Crippen LogP contribution in [0.4, 0.5) is 4.79 Å². The summed E-state index contributed by atoms with van der Waals surface area (Å²) in [4.78, 5) is 11.3. The Balaban J connectivity index is 3.06. The molecule has 0 atom stereocenters. The molecule has 0 saturated carbocycles. The van der Waals surface area contributed by atoms with Crippen LogP contribution in [0.3, 0.4) is 0 Å². The van der Waals surface area contributed by atoms with Crippen molar-refractivity contribution in [1.29, 1.82) is 0 Å². The van der Waals surface area contributed by atoms with Gasteiger partial charge in [0.25, 0.3) is 0 Å². The molecule has 0 N–H and O–H groups in total. The van der Waals surface area contributed by atoms with Gasteiger partial charge in [0.2, 0.25) is 0 Å². The Hall–Kier alpha value is -0.730. The number of cyclic esters (lactones) is 2. The smallest absolute Gasteiger partial charge is 0.423 e. The molecule has 1 heterocycles. The van der Waals surface area contributed by atoms with E-state index < -0.39 is 17.4 Å². The second kappa shape index (κ2) is 3.79. The summed E-state index contributed by atoms with van der Waals surface area (Å²) in [6, 6.07) is 0. The third-order valence-corrected chi connectivity index (χ3v) is 3.67. The third kappa shape index (κ3) is 1.30. The highest BCUT2D eigenvalue weighted by Crippen LogP contribution is 2.46. The summed E-state index contributed by atoms with van der Waals surface area (Å²) < 4.78 is 10.8. The van der Waals surface area contributed by atoms with Crippen molar-refractivity contribution in [3.8, 4) is 0 Å². The molecule has 82 valence electrons. The van der Waals surface area contributed by atoms with Crippen molar-refractivity contribution < 1.29 is 14.3 Å². The first kappa shape index (κ1) is 11.3. The number of ether oxygens (including phenoxy) is 2. The molecule has 0 spiro atoms. The number of hydrogen-bond donors (Lipinski definition) is 0. The van der Waals surface area contributed by atoms with E-state index in [1.54, 1.807) is 0 Å². The van der Waals surface area contributed by atoms with E-state index in [4.69, 9.17) is 9.47 Å². The van der Waals surface area contributed by atoms with Crippen molar-refractivity contribution in [3.05, 3.63) is 0 Å². The first-order valence-electron chi connectivity index (χ1n) is 5.51. The lowest BCUT2D eigenvalue weighted by molar-refractivity contribution is -0.0601. The Labute approximate surface area is 85.8 Å². The van der Waals surface area contributed by atoms with Gasteiger partial charge in [-0.2, -0.15) is 0 Å². The van der Waals surface area contributed by atoms with Gasteiger partial charge < -0.3 is 9.47 Å². The van der Waals surface area contributed by atoms with Crippen LogP contribution >= 0.6 is 0 Å². The summed E-state index contributed by atoms with van der Waals surface area (Å²) in [6.07, 6.45) is 2.76. The van der Waals surface area contributed by atoms with Gasteiger partial charge in [0.1, 0.15) is 0 Å². The Kier molecular flexibility index (Phi) is 3.07. The molecule has 3 heteroatoms. The normalized spacial score (nSPS) is 23.0. The fourth-order valence-electron chi connectivity index (χ4n) is 2.60. The fraction of sp³-hybridized carbons (Fsp3) is 0.909. The SMILES string of the molecule is CCC1(CC)OC(=O)OC1(CC)CC. The highest BCUT2D eigenvalue weighted by Gasteiger charge is 2.58. The number of rotatable bonds is 4. The van der Waals surface area contributed by atoms with Crippen LogP contribution in [0.1, 0.15) is 53.4 Å². The van der Waals surface area contributed by atoms with E-state index in [2.05, 4.69) is 0 Å². The molecule has 3 nitrogen and oxygen atoms in total. The molecule has 0 unspecified atom stereocenters. The van der Waals surface area contributed by atoms with Crippen molar-refractivity contribution in [2.45, 2.75) is 64.6 Å². The van der Waals surface area contributed by atoms with Gasteiger partial charge in [-0.1, -0.05) is 27.7 Å². The van der Waals surface area contributed by atoms with Crippen LogP contribution in [0.5, 0.6) is 0 Å². The summed E-state index contributed by atoms with van der Waals surface area (Å²) in [7, 11) is 0. The molecule has 0 amide bonds. The molecule has 1 aliphatic rings. The van der Waals surface area contributed by atoms with Crippen LogP contribution in [0.2, 0.25) is 0 Å². The number of hydrogen-bond acceptors (Lipinski definition) is 3. The van der Waals surface area contributed by atoms with E-state index >= 15 is 0 Å². The van der Waals surface area contributed by atoms with E-state index in [1.165, 1.54) is 0 Å². The molecule has 0 aliphatic carbocycles. The van der Waals surface area contributed by atoms with E-state index in [0.29, 0.717) is 0 Å². The van der Waals surface area contributed by atoms with Crippen molar-refractivity contribution in [1.82, 2.24) is 0 Å². The number of carbonyl (C=O) groups is 1. The lowest BCUT2D eigenvalue weighted by Gasteiger charge is -2.38. The Bertz CT molecular complexity index is 193. The molecule has 1 saturated heterocycles. The van der Waals surface area contributed by atoms with Crippen LogP contribution in [-0.4, -0.2) is 17.4 Å². The largest absolute Gasteiger partial charge is 0.509 e. The highest BCUT2D eigenvalue weighted by molar-refractivity contribution is 5.64. The van der Waals surface area contributed by atoms with Gasteiger partial charge in [-0.3, -0.25) is 0 Å². The minimum atomic E-state index is -0.502. The minimum absolute atomic E-state index is 0.409. The van der Waals surface area contributed by atoms with Crippen LogP contribution in [0.15, 0.2) is 0 Å². The quantitative estimate of drug-likeness (QED) is 0.653. The Morgan fingerprint density at radius 2 is 1.14 bits per heavy atom. The van der Waals surface area contributed by atoms with Gasteiger partial charge in [-0.15, -0.1) is 0 Å². The Morgan fingerprint density at radius 1 is 0.857 bits per heavy atom. The molecule has 0 bridgehead atoms. The lowest BCUT2D eigenvalue weighted by Crippen LogP contribution is -2.50. The minimum Gasteiger partial charge on any atom is -0.423 e. The first-order valence-corrected chi connectivity index (χ1v) is 5.51. The molecule has 0 aromatic heterocycles. The first-order chi connectivity index (χ1) is 6.59. The Morgan fingerprint density at radius 3 is 1.36 bits per heavy atom. The summed E-state index contributed by atoms with van der Waals surface area (Å²) in [6.45, 7) is 8.19. The average molecular weight is 200 g/mol. The van der Waals surface area contributed by atoms with Crippen molar-refractivity contribution in [3.63, 3.8) is 0 Å². The number of carbonyl (C=O) groups excluding carboxylic acids is 1. The maximum Gasteiger partial charge on any atom is 0.509 e. The zero-order valence-corrected chi connectivity index (χ0v) is 9.55. The summed E-state index contributed by atoms with van der Waals surface area (Å²) in [5.41, 5.74) is -0.818. The van der Waals surface area contributed by atoms with Crippen molar-refractivity contribution in [2.24, 2.45) is 0 Å². The zero-order chi connectivity index (χ0) is 10.8. The standard InChI is InChI=1S/C11H20O3/c1-5-10(6-2)11(7-3,8-4)14-9(12)13-10/h5-8H2,1-4H3. The van der Waals surface area contributed by atoms with Crippen LogP contribution in [0.25, 0.3) is 0 Å². The summed E-state index contributed by atoms with van der Waals surface area (Å²) in [5, 5.41) is 0. The zero-order valence-electron chi connectivity index (χ0n) is 9.55. The predicted molar refractivity (Wildman–Crippen MR) is 54.2 cm³/mol. The topological polar surface area (TPSA) is 35.5 Å². The van der Waals surface area contributed by atoms with E-state index in [9.17, 15) is 4.79 Å². The van der Waals surface area contributed by atoms with Crippen LogP contribution in [-0.2, 0) is 9.47 Å². The van der Waals surface area contributed by atoms with Gasteiger partial charge in [-0.05, 0) is 25.7 Å².